The quantitative estimate of drug-likeness (QED) is 0.778. The molecule has 1 fully saturated rings. The van der Waals surface area contributed by atoms with Gasteiger partial charge in [-0.3, -0.25) is 4.79 Å². The minimum atomic E-state index is -0.698. The number of hydrogen-bond acceptors (Lipinski definition) is 4. The van der Waals surface area contributed by atoms with Crippen LogP contribution in [0.3, 0.4) is 0 Å². The molecule has 1 atom stereocenters. The molecular formula is C19H22FNO2S2. The molecule has 25 heavy (non-hydrogen) atoms. The van der Waals surface area contributed by atoms with Gasteiger partial charge in [-0.1, -0.05) is 6.08 Å². The van der Waals surface area contributed by atoms with Crippen LogP contribution in [-0.2, 0) is 4.79 Å². The number of likely N-dealkylation sites (tertiary alicyclic amines) is 1. The van der Waals surface area contributed by atoms with Crippen molar-refractivity contribution < 1.29 is 14.3 Å². The zero-order valence-electron chi connectivity index (χ0n) is 14.2. The van der Waals surface area contributed by atoms with E-state index in [0.717, 1.165) is 48.4 Å². The molecule has 6 heteroatoms. The Bertz CT molecular complexity index is 723. The van der Waals surface area contributed by atoms with Crippen molar-refractivity contribution in [2.75, 3.05) is 19.6 Å². The molecule has 0 radical (unpaired) electrons. The summed E-state index contributed by atoms with van der Waals surface area (Å²) in [5, 5.41) is 13.0. The molecule has 0 bridgehead atoms. The van der Waals surface area contributed by atoms with E-state index < -0.39 is 5.97 Å². The van der Waals surface area contributed by atoms with Crippen LogP contribution < -0.4 is 0 Å². The molecule has 1 N–H and O–H groups in total. The van der Waals surface area contributed by atoms with Gasteiger partial charge in [-0.25, -0.2) is 4.39 Å². The fraction of sp³-hybridized carbons (Fsp3) is 0.421. The molecule has 0 aromatic carbocycles. The van der Waals surface area contributed by atoms with Gasteiger partial charge in [0.1, 0.15) is 5.82 Å². The van der Waals surface area contributed by atoms with Crippen LogP contribution in [0.5, 0.6) is 0 Å². The topological polar surface area (TPSA) is 40.5 Å². The van der Waals surface area contributed by atoms with Crippen LogP contribution in [0.15, 0.2) is 29.0 Å². The number of carboxylic acid groups (broad SMARTS) is 1. The highest BCUT2D eigenvalue weighted by Gasteiger charge is 2.24. The third-order valence-electron chi connectivity index (χ3n) is 4.62. The average Bonchev–Trinajstić information content (AvgIpc) is 3.21. The molecular weight excluding hydrogens is 357 g/mol. The van der Waals surface area contributed by atoms with E-state index in [9.17, 15) is 14.3 Å². The molecule has 1 aliphatic heterocycles. The zero-order chi connectivity index (χ0) is 17.8. The summed E-state index contributed by atoms with van der Waals surface area (Å²) >= 11 is 3.06. The third kappa shape index (κ3) is 4.37. The number of carbonyl (C=O) groups is 1. The second-order valence-electron chi connectivity index (χ2n) is 6.41. The van der Waals surface area contributed by atoms with E-state index in [0.29, 0.717) is 11.4 Å². The van der Waals surface area contributed by atoms with Crippen molar-refractivity contribution in [1.82, 2.24) is 4.90 Å². The Morgan fingerprint density at radius 1 is 1.36 bits per heavy atom. The first-order valence-corrected chi connectivity index (χ1v) is 10.3. The Morgan fingerprint density at radius 3 is 2.76 bits per heavy atom. The minimum absolute atomic E-state index is 0.173. The van der Waals surface area contributed by atoms with Crippen LogP contribution in [0, 0.1) is 18.7 Å². The van der Waals surface area contributed by atoms with Gasteiger partial charge in [0.05, 0.1) is 10.8 Å². The molecule has 3 nitrogen and oxygen atoms in total. The first kappa shape index (κ1) is 18.3. The van der Waals surface area contributed by atoms with Gasteiger partial charge in [0.25, 0.3) is 0 Å². The van der Waals surface area contributed by atoms with Gasteiger partial charge in [0.15, 0.2) is 0 Å². The Balaban J connectivity index is 1.73. The predicted molar refractivity (Wildman–Crippen MR) is 102 cm³/mol. The molecule has 0 saturated carbocycles. The number of rotatable bonds is 6. The smallest absolute Gasteiger partial charge is 0.307 e. The number of carboxylic acids is 1. The van der Waals surface area contributed by atoms with Crippen molar-refractivity contribution in [2.45, 2.75) is 26.2 Å². The van der Waals surface area contributed by atoms with Gasteiger partial charge in [-0.15, -0.1) is 22.7 Å². The van der Waals surface area contributed by atoms with Crippen molar-refractivity contribution in [2.24, 2.45) is 5.92 Å². The molecule has 0 amide bonds. The number of halogens is 1. The maximum absolute atomic E-state index is 14.1. The summed E-state index contributed by atoms with van der Waals surface area (Å²) in [5.41, 5.74) is 2.12. The van der Waals surface area contributed by atoms with E-state index in [-0.39, 0.29) is 11.7 Å². The number of hydrogen-bond donors (Lipinski definition) is 1. The highest BCUT2D eigenvalue weighted by atomic mass is 32.1. The molecule has 134 valence electrons. The largest absolute Gasteiger partial charge is 0.481 e. The molecule has 3 rings (SSSR count). The van der Waals surface area contributed by atoms with Crippen LogP contribution in [0.1, 0.15) is 34.6 Å². The highest BCUT2D eigenvalue weighted by molar-refractivity contribution is 7.14. The first-order chi connectivity index (χ1) is 12.1. The maximum Gasteiger partial charge on any atom is 0.307 e. The molecule has 0 aliphatic carbocycles. The lowest BCUT2D eigenvalue weighted by Gasteiger charge is -2.30. The summed E-state index contributed by atoms with van der Waals surface area (Å²) < 4.78 is 14.1. The zero-order valence-corrected chi connectivity index (χ0v) is 15.8. The molecule has 1 aliphatic rings. The summed E-state index contributed by atoms with van der Waals surface area (Å²) in [7, 11) is 0. The van der Waals surface area contributed by atoms with Gasteiger partial charge in [0, 0.05) is 23.5 Å². The van der Waals surface area contributed by atoms with E-state index in [1.807, 2.05) is 12.3 Å². The van der Waals surface area contributed by atoms with Crippen molar-refractivity contribution in [3.63, 3.8) is 0 Å². The highest BCUT2D eigenvalue weighted by Crippen LogP contribution is 2.35. The lowest BCUT2D eigenvalue weighted by molar-refractivity contribution is -0.143. The van der Waals surface area contributed by atoms with Gasteiger partial charge in [-0.2, -0.15) is 0 Å². The van der Waals surface area contributed by atoms with Crippen LogP contribution in [0.25, 0.3) is 5.57 Å². The normalized spacial score (nSPS) is 19.3. The summed E-state index contributed by atoms with van der Waals surface area (Å²) in [4.78, 5) is 15.2. The van der Waals surface area contributed by atoms with E-state index in [1.165, 1.54) is 17.4 Å². The van der Waals surface area contributed by atoms with Gasteiger partial charge in [-0.05, 0) is 61.2 Å². The Kier molecular flexibility index (Phi) is 6.04. The second kappa shape index (κ2) is 8.25. The van der Waals surface area contributed by atoms with Crippen LogP contribution in [0.2, 0.25) is 0 Å². The molecule has 2 aromatic rings. The Morgan fingerprint density at radius 2 is 2.12 bits per heavy atom. The van der Waals surface area contributed by atoms with E-state index >= 15 is 0 Å². The van der Waals surface area contributed by atoms with Gasteiger partial charge in [0.2, 0.25) is 0 Å². The van der Waals surface area contributed by atoms with Crippen LogP contribution in [0.4, 0.5) is 4.39 Å². The monoisotopic (exact) mass is 379 g/mol. The summed E-state index contributed by atoms with van der Waals surface area (Å²) in [5.74, 6) is -1.13. The number of aliphatic carboxylic acids is 1. The number of nitrogens with zero attached hydrogens (tertiary/aromatic N) is 1. The Hall–Kier alpha value is -1.50. The molecule has 3 heterocycles. The first-order valence-electron chi connectivity index (χ1n) is 8.49. The summed E-state index contributed by atoms with van der Waals surface area (Å²) in [6.45, 7) is 4.42. The predicted octanol–water partition coefficient (Wildman–Crippen LogP) is 4.88. The Labute approximate surface area is 155 Å². The van der Waals surface area contributed by atoms with Crippen molar-refractivity contribution in [3.8, 4) is 0 Å². The van der Waals surface area contributed by atoms with Gasteiger partial charge < -0.3 is 10.0 Å². The molecule has 1 unspecified atom stereocenters. The lowest BCUT2D eigenvalue weighted by Crippen LogP contribution is -2.39. The van der Waals surface area contributed by atoms with Crippen molar-refractivity contribution >= 4 is 34.2 Å². The van der Waals surface area contributed by atoms with E-state index in [1.54, 1.807) is 16.7 Å². The van der Waals surface area contributed by atoms with Crippen LogP contribution in [-0.4, -0.2) is 35.6 Å². The standard InChI is InChI=1S/C19H22FNO2S2/c1-13-6-10-24-17(13)15(18-16(20)7-11-25-18)5-3-9-21-8-2-4-14(12-21)19(22)23/h5-7,10-11,14H,2-4,8-9,12H2,1H3,(H,22,23)/b15-5+. The fourth-order valence-corrected chi connectivity index (χ4v) is 5.13. The molecule has 2 aromatic heterocycles. The number of piperidine rings is 1. The number of thiophene rings is 2. The summed E-state index contributed by atoms with van der Waals surface area (Å²) in [6, 6.07) is 3.57. The van der Waals surface area contributed by atoms with Crippen molar-refractivity contribution in [3.05, 3.63) is 50.1 Å². The molecule has 1 saturated heterocycles. The fourth-order valence-electron chi connectivity index (χ4n) is 3.27. The van der Waals surface area contributed by atoms with E-state index in [4.69, 9.17) is 0 Å². The lowest BCUT2D eigenvalue weighted by atomic mass is 9.98. The van der Waals surface area contributed by atoms with Gasteiger partial charge >= 0.3 is 5.97 Å². The SMILES string of the molecule is Cc1ccsc1/C(=C\CCN1CCCC(C(=O)O)C1)c1sccc1F. The number of aryl methyl sites for hydroxylation is 1. The maximum atomic E-state index is 14.1. The second-order valence-corrected chi connectivity index (χ2v) is 8.25. The van der Waals surface area contributed by atoms with E-state index in [2.05, 4.69) is 17.0 Å². The minimum Gasteiger partial charge on any atom is -0.481 e. The van der Waals surface area contributed by atoms with Crippen molar-refractivity contribution in [1.29, 1.82) is 0 Å². The third-order valence-corrected chi connectivity index (χ3v) is 6.59. The van der Waals surface area contributed by atoms with Crippen LogP contribution >= 0.6 is 22.7 Å². The average molecular weight is 380 g/mol. The summed E-state index contributed by atoms with van der Waals surface area (Å²) in [6.07, 6.45) is 4.59. The molecule has 0 spiro atoms.